The van der Waals surface area contributed by atoms with E-state index in [0.29, 0.717) is 11.6 Å². The topological polar surface area (TPSA) is 51.6 Å². The number of benzene rings is 10. The molecule has 0 atom stereocenters. The van der Waals surface area contributed by atoms with Gasteiger partial charge in [-0.25, -0.2) is 19.9 Å². The molecule has 4 nitrogen and oxygen atoms in total. The van der Waals surface area contributed by atoms with Crippen LogP contribution in [0, 0.1) is 0 Å². The molecular formula is C60H36N4. The van der Waals surface area contributed by atoms with Gasteiger partial charge in [0.25, 0.3) is 0 Å². The molecule has 0 spiro atoms. The van der Waals surface area contributed by atoms with Crippen LogP contribution in [0.1, 0.15) is 0 Å². The standard InChI is InChI=1S/C60H36N4/c1-3-14-37(15-4-1)54-34-55(64-60(63-54)43-35-61-59(62-36-43)40-16-5-2-6-17-40)41-29-30-49-47-23-10-8-21-45(47)44-20-7-9-22-46(44)48-24-11-12-25-50(48)58-51-31-28-39-19-13-18-38-26-27-42(57(51)56(38)39)33-53(58)52(49)32-41/h1-36H. The van der Waals surface area contributed by atoms with E-state index in [1.165, 1.54) is 75.4 Å². The lowest BCUT2D eigenvalue weighted by atomic mass is 9.87. The Kier molecular flexibility index (Phi) is 8.18. The molecule has 2 heterocycles. The summed E-state index contributed by atoms with van der Waals surface area (Å²) < 4.78 is 0. The molecule has 4 heteroatoms. The Morgan fingerprint density at radius 2 is 0.734 bits per heavy atom. The highest BCUT2D eigenvalue weighted by Gasteiger charge is 2.18. The molecule has 0 fully saturated rings. The summed E-state index contributed by atoms with van der Waals surface area (Å²) in [5.74, 6) is 1.22. The van der Waals surface area contributed by atoms with E-state index < -0.39 is 0 Å². The molecule has 13 rings (SSSR count). The van der Waals surface area contributed by atoms with Crippen LogP contribution >= 0.6 is 0 Å². The molecule has 0 saturated carbocycles. The van der Waals surface area contributed by atoms with Gasteiger partial charge in [0.15, 0.2) is 11.6 Å². The molecule has 64 heavy (non-hydrogen) atoms. The number of hydrogen-bond donors (Lipinski definition) is 0. The molecule has 11 aromatic carbocycles. The lowest BCUT2D eigenvalue weighted by Crippen LogP contribution is -1.98. The molecule has 0 aliphatic carbocycles. The van der Waals surface area contributed by atoms with Crippen molar-refractivity contribution < 1.29 is 0 Å². The van der Waals surface area contributed by atoms with E-state index in [1.54, 1.807) is 0 Å². The van der Waals surface area contributed by atoms with Gasteiger partial charge in [0, 0.05) is 29.1 Å². The smallest absolute Gasteiger partial charge is 0.163 e. The van der Waals surface area contributed by atoms with Gasteiger partial charge in [-0.15, -0.1) is 0 Å². The summed E-state index contributed by atoms with van der Waals surface area (Å²) in [6.07, 6.45) is 3.66. The van der Waals surface area contributed by atoms with E-state index in [9.17, 15) is 0 Å². The number of nitrogens with zero attached hydrogens (tertiary/aromatic N) is 4. The predicted octanol–water partition coefficient (Wildman–Crippen LogP) is 15.7. The third-order valence-corrected chi connectivity index (χ3v) is 12.9. The molecule has 0 saturated heterocycles. The van der Waals surface area contributed by atoms with Gasteiger partial charge >= 0.3 is 0 Å². The van der Waals surface area contributed by atoms with Gasteiger partial charge < -0.3 is 0 Å². The first-order valence-corrected chi connectivity index (χ1v) is 21.7. The maximum Gasteiger partial charge on any atom is 0.163 e. The maximum absolute atomic E-state index is 5.32. The summed E-state index contributed by atoms with van der Waals surface area (Å²) >= 11 is 0. The van der Waals surface area contributed by atoms with Crippen LogP contribution in [-0.2, 0) is 0 Å². The summed E-state index contributed by atoms with van der Waals surface area (Å²) in [7, 11) is 0. The highest BCUT2D eigenvalue weighted by molar-refractivity contribution is 6.36. The number of fused-ring (bicyclic) bond motifs is 11. The molecule has 0 aliphatic rings. The largest absolute Gasteiger partial charge is 0.236 e. The summed E-state index contributed by atoms with van der Waals surface area (Å²) in [4.78, 5) is 20.0. The molecule has 0 aliphatic heterocycles. The first-order valence-electron chi connectivity index (χ1n) is 21.7. The maximum atomic E-state index is 5.32. The Hall–Kier alpha value is -8.60. The first kappa shape index (κ1) is 36.1. The van der Waals surface area contributed by atoms with Crippen molar-refractivity contribution >= 4 is 86.2 Å². The van der Waals surface area contributed by atoms with Crippen LogP contribution in [0.2, 0.25) is 0 Å². The third kappa shape index (κ3) is 5.77. The highest BCUT2D eigenvalue weighted by Crippen LogP contribution is 2.44. The van der Waals surface area contributed by atoms with Crippen LogP contribution in [0.15, 0.2) is 219 Å². The van der Waals surface area contributed by atoms with E-state index in [1.807, 2.05) is 60.9 Å². The van der Waals surface area contributed by atoms with Gasteiger partial charge in [0.1, 0.15) is 0 Å². The van der Waals surface area contributed by atoms with Gasteiger partial charge in [-0.05, 0) is 104 Å². The normalized spacial score (nSPS) is 11.8. The Bertz CT molecular complexity index is 4040. The van der Waals surface area contributed by atoms with E-state index in [-0.39, 0.29) is 0 Å². The summed E-state index contributed by atoms with van der Waals surface area (Å²) in [5, 5.41) is 19.4. The molecule has 0 N–H and O–H groups in total. The third-order valence-electron chi connectivity index (χ3n) is 12.9. The van der Waals surface area contributed by atoms with Crippen molar-refractivity contribution in [1.82, 2.24) is 19.9 Å². The molecule has 0 amide bonds. The van der Waals surface area contributed by atoms with Crippen molar-refractivity contribution in [2.24, 2.45) is 0 Å². The number of hydrogen-bond acceptors (Lipinski definition) is 4. The zero-order valence-corrected chi connectivity index (χ0v) is 34.6. The second kappa shape index (κ2) is 14.5. The minimum atomic E-state index is 0.565. The van der Waals surface area contributed by atoms with Crippen LogP contribution in [0.3, 0.4) is 0 Å². The Labute approximate surface area is 368 Å². The Morgan fingerprint density at radius 1 is 0.234 bits per heavy atom. The quantitative estimate of drug-likeness (QED) is 0.166. The van der Waals surface area contributed by atoms with Crippen LogP contribution in [-0.4, -0.2) is 19.9 Å². The number of aromatic nitrogens is 4. The van der Waals surface area contributed by atoms with Crippen LogP contribution < -0.4 is 0 Å². The van der Waals surface area contributed by atoms with Crippen molar-refractivity contribution in [3.63, 3.8) is 0 Å². The van der Waals surface area contributed by atoms with Gasteiger partial charge in [-0.2, -0.15) is 0 Å². The summed E-state index contributed by atoms with van der Waals surface area (Å²) in [5.41, 5.74) is 5.34. The molecule has 296 valence electrons. The molecule has 0 unspecified atom stereocenters. The fourth-order valence-corrected chi connectivity index (χ4v) is 9.98. The average molecular weight is 813 g/mol. The van der Waals surface area contributed by atoms with E-state index >= 15 is 0 Å². The zero-order chi connectivity index (χ0) is 42.1. The lowest BCUT2D eigenvalue weighted by molar-refractivity contribution is 1.13. The SMILES string of the molecule is c1ccc(-c2cc(-c3ccc4c5ccccc5c5ccccc5c5ccccc5c5c(cc6ccc7cccc8ccc5c6c78)c4c3)nc(-c3cnc(-c4ccccc4)nc3)n2)cc1. The van der Waals surface area contributed by atoms with Gasteiger partial charge in [-0.1, -0.05) is 188 Å². The van der Waals surface area contributed by atoms with Crippen molar-refractivity contribution in [2.45, 2.75) is 0 Å². The van der Waals surface area contributed by atoms with Crippen molar-refractivity contribution in [3.05, 3.63) is 219 Å². The van der Waals surface area contributed by atoms with Gasteiger partial charge in [0.2, 0.25) is 0 Å². The van der Waals surface area contributed by atoms with E-state index in [0.717, 1.165) is 44.4 Å². The fraction of sp³-hybridized carbons (Fsp3) is 0. The molecule has 2 aromatic heterocycles. The molecule has 0 bridgehead atoms. The lowest BCUT2D eigenvalue weighted by Gasteiger charge is -2.16. The van der Waals surface area contributed by atoms with Gasteiger partial charge in [-0.3, -0.25) is 0 Å². The van der Waals surface area contributed by atoms with Crippen molar-refractivity contribution in [3.8, 4) is 45.3 Å². The Balaban J connectivity index is 1.18. The summed E-state index contributed by atoms with van der Waals surface area (Å²) in [6.45, 7) is 0. The van der Waals surface area contributed by atoms with E-state index in [4.69, 9.17) is 19.9 Å². The second-order valence-electron chi connectivity index (χ2n) is 16.5. The van der Waals surface area contributed by atoms with Crippen molar-refractivity contribution in [1.29, 1.82) is 0 Å². The number of rotatable bonds is 4. The van der Waals surface area contributed by atoms with Crippen LogP contribution in [0.25, 0.3) is 131 Å². The van der Waals surface area contributed by atoms with Gasteiger partial charge in [0.05, 0.1) is 17.0 Å². The zero-order valence-electron chi connectivity index (χ0n) is 34.6. The second-order valence-corrected chi connectivity index (χ2v) is 16.5. The Morgan fingerprint density at radius 3 is 1.38 bits per heavy atom. The molecule has 13 aromatic rings. The monoisotopic (exact) mass is 812 g/mol. The minimum Gasteiger partial charge on any atom is -0.236 e. The predicted molar refractivity (Wildman–Crippen MR) is 268 cm³/mol. The van der Waals surface area contributed by atoms with Crippen LogP contribution in [0.5, 0.6) is 0 Å². The van der Waals surface area contributed by atoms with Crippen molar-refractivity contribution in [2.75, 3.05) is 0 Å². The first-order chi connectivity index (χ1) is 31.7. The molecular weight excluding hydrogens is 777 g/mol. The fourth-order valence-electron chi connectivity index (χ4n) is 9.98. The molecule has 0 radical (unpaired) electrons. The summed E-state index contributed by atoms with van der Waals surface area (Å²) in [6, 6.07) is 74.3. The highest BCUT2D eigenvalue weighted by atomic mass is 14.9. The van der Waals surface area contributed by atoms with E-state index in [2.05, 4.69) is 158 Å². The minimum absolute atomic E-state index is 0.565. The van der Waals surface area contributed by atoms with Crippen LogP contribution in [0.4, 0.5) is 0 Å². The average Bonchev–Trinajstić information content (AvgIpc) is 3.38.